The summed E-state index contributed by atoms with van der Waals surface area (Å²) in [6, 6.07) is 7.69. The number of carbonyl (C=O) groups excluding carboxylic acids is 1. The lowest BCUT2D eigenvalue weighted by molar-refractivity contribution is 0.0476. The number of ether oxygens (including phenoxy) is 2. The molecule has 1 aliphatic rings. The highest BCUT2D eigenvalue weighted by Crippen LogP contribution is 2.26. The first-order valence-corrected chi connectivity index (χ1v) is 6.42. The number of carbonyl (C=O) groups is 1. The second-order valence-corrected chi connectivity index (χ2v) is 5.37. The van der Waals surface area contributed by atoms with Gasteiger partial charge in [0, 0.05) is 0 Å². The normalized spacial score (nSPS) is 18.5. The molecule has 1 aromatic rings. The van der Waals surface area contributed by atoms with Crippen molar-refractivity contribution in [3.8, 4) is 0 Å². The van der Waals surface area contributed by atoms with Gasteiger partial charge in [0.25, 0.3) is 0 Å². The van der Waals surface area contributed by atoms with Gasteiger partial charge in [-0.1, -0.05) is 32.9 Å². The molecule has 0 saturated carbocycles. The quantitative estimate of drug-likeness (QED) is 0.594. The van der Waals surface area contributed by atoms with Gasteiger partial charge in [-0.2, -0.15) is 0 Å². The Hall–Kier alpha value is -1.35. The Labute approximate surface area is 108 Å². The predicted octanol–water partition coefficient (Wildman–Crippen LogP) is 2.93. The van der Waals surface area contributed by atoms with E-state index in [-0.39, 0.29) is 17.5 Å². The van der Waals surface area contributed by atoms with Gasteiger partial charge in [-0.05, 0) is 29.5 Å². The largest absolute Gasteiger partial charge is 0.459 e. The molecule has 1 heterocycles. The molecule has 0 aliphatic carbocycles. The summed E-state index contributed by atoms with van der Waals surface area (Å²) in [5.41, 5.74) is 1.99. The van der Waals surface area contributed by atoms with E-state index in [0.29, 0.717) is 18.8 Å². The summed E-state index contributed by atoms with van der Waals surface area (Å²) in [5, 5.41) is 0. The molecule has 0 N–H and O–H groups in total. The second kappa shape index (κ2) is 5.11. The summed E-state index contributed by atoms with van der Waals surface area (Å²) in [6.07, 6.45) is 1.18. The van der Waals surface area contributed by atoms with Crippen LogP contribution in [0, 0.1) is 0 Å². The Morgan fingerprint density at radius 1 is 1.39 bits per heavy atom. The first-order chi connectivity index (χ1) is 8.53. The van der Waals surface area contributed by atoms with Crippen molar-refractivity contribution in [1.29, 1.82) is 0 Å². The molecule has 1 fully saturated rings. The maximum absolute atomic E-state index is 11.7. The van der Waals surface area contributed by atoms with Crippen LogP contribution in [0.3, 0.4) is 0 Å². The lowest BCUT2D eigenvalue weighted by Crippen LogP contribution is -2.16. The fourth-order valence-electron chi connectivity index (χ4n) is 1.68. The van der Waals surface area contributed by atoms with Crippen LogP contribution in [0.4, 0.5) is 0 Å². The molecule has 18 heavy (non-hydrogen) atoms. The van der Waals surface area contributed by atoms with Crippen LogP contribution in [-0.2, 0) is 14.9 Å². The summed E-state index contributed by atoms with van der Waals surface area (Å²) in [7, 11) is 0. The van der Waals surface area contributed by atoms with E-state index in [2.05, 4.69) is 20.8 Å². The minimum atomic E-state index is -0.272. The molecule has 0 spiro atoms. The number of esters is 1. The zero-order valence-electron chi connectivity index (χ0n) is 11.2. The number of hydrogen-bond acceptors (Lipinski definition) is 3. The van der Waals surface area contributed by atoms with Crippen LogP contribution in [0.25, 0.3) is 0 Å². The fraction of sp³-hybridized carbons (Fsp3) is 0.533. The summed E-state index contributed by atoms with van der Waals surface area (Å²) >= 11 is 0. The van der Waals surface area contributed by atoms with E-state index >= 15 is 0 Å². The topological polar surface area (TPSA) is 38.8 Å². The van der Waals surface area contributed by atoms with Crippen LogP contribution in [-0.4, -0.2) is 25.3 Å². The fourth-order valence-corrected chi connectivity index (χ4v) is 1.68. The Balaban J connectivity index is 1.99. The van der Waals surface area contributed by atoms with Gasteiger partial charge in [0.05, 0.1) is 12.2 Å². The van der Waals surface area contributed by atoms with Gasteiger partial charge < -0.3 is 9.47 Å². The van der Waals surface area contributed by atoms with E-state index in [4.69, 9.17) is 9.47 Å². The number of rotatable bonds is 5. The third kappa shape index (κ3) is 3.10. The average Bonchev–Trinajstić information content (AvgIpc) is 3.20. The lowest BCUT2D eigenvalue weighted by atomic mass is 9.82. The Morgan fingerprint density at radius 3 is 2.50 bits per heavy atom. The van der Waals surface area contributed by atoms with Crippen LogP contribution >= 0.6 is 0 Å². The molecule has 1 aliphatic heterocycles. The molecule has 3 heteroatoms. The third-order valence-electron chi connectivity index (χ3n) is 3.59. The summed E-state index contributed by atoms with van der Waals surface area (Å²) in [6.45, 7) is 7.63. The van der Waals surface area contributed by atoms with Gasteiger partial charge in [0.15, 0.2) is 0 Å². The standard InChI is InChI=1S/C15H20O3/c1-4-15(2,3)12-7-5-11(6-8-12)14(16)18-10-13-9-17-13/h5-8,13H,4,9-10H2,1-3H3. The molecule has 0 bridgehead atoms. The lowest BCUT2D eigenvalue weighted by Gasteiger charge is -2.23. The first kappa shape index (κ1) is 13.1. The summed E-state index contributed by atoms with van der Waals surface area (Å²) in [5.74, 6) is -0.272. The Morgan fingerprint density at radius 2 is 2.00 bits per heavy atom. The Bertz CT molecular complexity index is 416. The van der Waals surface area contributed by atoms with Crippen molar-refractivity contribution in [3.05, 3.63) is 35.4 Å². The van der Waals surface area contributed by atoms with Gasteiger partial charge in [0.2, 0.25) is 0 Å². The number of epoxide rings is 1. The molecular weight excluding hydrogens is 228 g/mol. The van der Waals surface area contributed by atoms with E-state index in [1.54, 1.807) is 0 Å². The molecule has 1 aromatic carbocycles. The van der Waals surface area contributed by atoms with Crippen molar-refractivity contribution in [3.63, 3.8) is 0 Å². The molecule has 1 atom stereocenters. The minimum absolute atomic E-state index is 0.118. The molecule has 0 radical (unpaired) electrons. The molecular formula is C15H20O3. The SMILES string of the molecule is CCC(C)(C)c1ccc(C(=O)OCC2CO2)cc1. The Kier molecular flexibility index (Phi) is 3.71. The molecule has 0 aromatic heterocycles. The molecule has 98 valence electrons. The molecule has 1 saturated heterocycles. The zero-order chi connectivity index (χ0) is 13.2. The van der Waals surface area contributed by atoms with Crippen LogP contribution < -0.4 is 0 Å². The highest BCUT2D eigenvalue weighted by molar-refractivity contribution is 5.89. The molecule has 1 unspecified atom stereocenters. The molecule has 2 rings (SSSR count). The highest BCUT2D eigenvalue weighted by atomic mass is 16.6. The highest BCUT2D eigenvalue weighted by Gasteiger charge is 2.24. The van der Waals surface area contributed by atoms with Gasteiger partial charge in [-0.3, -0.25) is 0 Å². The van der Waals surface area contributed by atoms with E-state index in [9.17, 15) is 4.79 Å². The monoisotopic (exact) mass is 248 g/mol. The van der Waals surface area contributed by atoms with Crippen molar-refractivity contribution >= 4 is 5.97 Å². The predicted molar refractivity (Wildman–Crippen MR) is 69.8 cm³/mol. The maximum atomic E-state index is 11.7. The average molecular weight is 248 g/mol. The minimum Gasteiger partial charge on any atom is -0.459 e. The summed E-state index contributed by atoms with van der Waals surface area (Å²) in [4.78, 5) is 11.7. The van der Waals surface area contributed by atoms with Crippen molar-refractivity contribution in [2.45, 2.75) is 38.7 Å². The van der Waals surface area contributed by atoms with Gasteiger partial charge >= 0.3 is 5.97 Å². The van der Waals surface area contributed by atoms with E-state index in [0.717, 1.165) is 6.42 Å². The van der Waals surface area contributed by atoms with Crippen molar-refractivity contribution in [2.75, 3.05) is 13.2 Å². The van der Waals surface area contributed by atoms with E-state index in [1.165, 1.54) is 5.56 Å². The smallest absolute Gasteiger partial charge is 0.338 e. The summed E-state index contributed by atoms with van der Waals surface area (Å²) < 4.78 is 10.1. The third-order valence-corrected chi connectivity index (χ3v) is 3.59. The van der Waals surface area contributed by atoms with Crippen LogP contribution in [0.2, 0.25) is 0 Å². The van der Waals surface area contributed by atoms with E-state index < -0.39 is 0 Å². The van der Waals surface area contributed by atoms with Crippen molar-refractivity contribution < 1.29 is 14.3 Å². The van der Waals surface area contributed by atoms with Gasteiger partial charge in [-0.25, -0.2) is 4.79 Å². The van der Waals surface area contributed by atoms with Crippen molar-refractivity contribution in [2.24, 2.45) is 0 Å². The van der Waals surface area contributed by atoms with Crippen LogP contribution in [0.5, 0.6) is 0 Å². The van der Waals surface area contributed by atoms with Crippen molar-refractivity contribution in [1.82, 2.24) is 0 Å². The van der Waals surface area contributed by atoms with Gasteiger partial charge in [-0.15, -0.1) is 0 Å². The zero-order valence-corrected chi connectivity index (χ0v) is 11.2. The number of hydrogen-bond donors (Lipinski definition) is 0. The first-order valence-electron chi connectivity index (χ1n) is 6.42. The second-order valence-electron chi connectivity index (χ2n) is 5.37. The number of benzene rings is 1. The molecule has 0 amide bonds. The van der Waals surface area contributed by atoms with Gasteiger partial charge in [0.1, 0.15) is 12.7 Å². The van der Waals surface area contributed by atoms with E-state index in [1.807, 2.05) is 24.3 Å². The maximum Gasteiger partial charge on any atom is 0.338 e. The van der Waals surface area contributed by atoms with Crippen LogP contribution in [0.1, 0.15) is 43.1 Å². The molecule has 3 nitrogen and oxygen atoms in total. The van der Waals surface area contributed by atoms with Crippen LogP contribution in [0.15, 0.2) is 24.3 Å².